The average Bonchev–Trinajstić information content (AvgIpc) is 2.57. The van der Waals surface area contributed by atoms with E-state index in [-0.39, 0.29) is 13.1 Å². The summed E-state index contributed by atoms with van der Waals surface area (Å²) in [6.07, 6.45) is -0.749. The number of benzene rings is 2. The second-order valence-electron chi connectivity index (χ2n) is 5.92. The van der Waals surface area contributed by atoms with E-state index < -0.39 is 17.4 Å². The smallest absolute Gasteiger partial charge is 0.331 e. The van der Waals surface area contributed by atoms with Crippen LogP contribution in [0, 0.1) is 0 Å². The van der Waals surface area contributed by atoms with Crippen LogP contribution in [0.4, 0.5) is 0 Å². The summed E-state index contributed by atoms with van der Waals surface area (Å²) in [4.78, 5) is 25.7. The summed E-state index contributed by atoms with van der Waals surface area (Å²) >= 11 is 11.9. The van der Waals surface area contributed by atoms with Crippen LogP contribution in [0.1, 0.15) is 12.5 Å². The Kier molecular flexibility index (Phi) is 4.99. The first-order chi connectivity index (χ1) is 11.9. The number of hydrogen-bond acceptors (Lipinski definition) is 3. The Hall–Kier alpha value is -2.08. The van der Waals surface area contributed by atoms with Crippen LogP contribution in [0.3, 0.4) is 0 Å². The minimum Gasteiger partial charge on any atom is -0.392 e. The average molecular weight is 379 g/mol. The SMILES string of the molecule is C[C@H](O)Cn1c(=O)n(Cc2ccc(Cl)cc2)c(=O)c2ccc(Cl)cc21. The number of aromatic nitrogens is 2. The lowest BCUT2D eigenvalue weighted by Gasteiger charge is -2.15. The molecule has 0 aliphatic rings. The van der Waals surface area contributed by atoms with E-state index in [1.54, 1.807) is 49.4 Å². The van der Waals surface area contributed by atoms with Gasteiger partial charge < -0.3 is 5.11 Å². The Bertz CT molecular complexity index is 1040. The summed E-state index contributed by atoms with van der Waals surface area (Å²) in [6.45, 7) is 1.77. The standard InChI is InChI=1S/C18H16Cl2N2O3/c1-11(23)9-21-16-8-14(20)6-7-15(16)17(24)22(18(21)25)10-12-2-4-13(19)5-3-12/h2-8,11,23H,9-10H2,1H3/t11-/m0/s1. The van der Waals surface area contributed by atoms with E-state index in [0.29, 0.717) is 20.9 Å². The van der Waals surface area contributed by atoms with Gasteiger partial charge in [0.2, 0.25) is 0 Å². The van der Waals surface area contributed by atoms with Gasteiger partial charge in [-0.2, -0.15) is 0 Å². The lowest BCUT2D eigenvalue weighted by Crippen LogP contribution is -2.41. The molecule has 0 spiro atoms. The van der Waals surface area contributed by atoms with Crippen LogP contribution in [-0.2, 0) is 13.1 Å². The normalized spacial score (nSPS) is 12.5. The Morgan fingerprint density at radius 1 is 1.00 bits per heavy atom. The largest absolute Gasteiger partial charge is 0.392 e. The summed E-state index contributed by atoms with van der Waals surface area (Å²) in [7, 11) is 0. The van der Waals surface area contributed by atoms with Gasteiger partial charge in [0.05, 0.1) is 30.1 Å². The van der Waals surface area contributed by atoms with Gasteiger partial charge in [0.1, 0.15) is 0 Å². The highest BCUT2D eigenvalue weighted by molar-refractivity contribution is 6.31. The molecule has 0 saturated carbocycles. The minimum absolute atomic E-state index is 0.0660. The fourth-order valence-corrected chi connectivity index (χ4v) is 3.03. The van der Waals surface area contributed by atoms with Crippen molar-refractivity contribution in [2.45, 2.75) is 26.1 Å². The molecule has 0 fully saturated rings. The molecule has 0 unspecified atom stereocenters. The number of fused-ring (bicyclic) bond motifs is 1. The maximum Gasteiger partial charge on any atom is 0.331 e. The third-order valence-electron chi connectivity index (χ3n) is 3.89. The van der Waals surface area contributed by atoms with Crippen molar-refractivity contribution >= 4 is 34.1 Å². The highest BCUT2D eigenvalue weighted by Gasteiger charge is 2.15. The molecule has 1 aromatic heterocycles. The molecule has 0 amide bonds. The predicted molar refractivity (Wildman–Crippen MR) is 99.7 cm³/mol. The predicted octanol–water partition coefficient (Wildman–Crippen LogP) is 2.90. The van der Waals surface area contributed by atoms with Crippen molar-refractivity contribution in [3.63, 3.8) is 0 Å². The van der Waals surface area contributed by atoms with Crippen molar-refractivity contribution in [3.8, 4) is 0 Å². The third-order valence-corrected chi connectivity index (χ3v) is 4.38. The lowest BCUT2D eigenvalue weighted by molar-refractivity contribution is 0.172. The molecule has 1 N–H and O–H groups in total. The molecule has 1 atom stereocenters. The van der Waals surface area contributed by atoms with Gasteiger partial charge in [0, 0.05) is 10.0 Å². The number of aliphatic hydroxyl groups excluding tert-OH is 1. The van der Waals surface area contributed by atoms with Gasteiger partial charge in [-0.15, -0.1) is 0 Å². The summed E-state index contributed by atoms with van der Waals surface area (Å²) in [5.41, 5.74) is 0.306. The van der Waals surface area contributed by atoms with Crippen LogP contribution in [0.25, 0.3) is 10.9 Å². The summed E-state index contributed by atoms with van der Waals surface area (Å²) in [5, 5.41) is 11.1. The molecular weight excluding hydrogens is 363 g/mol. The molecule has 3 aromatic rings. The van der Waals surface area contributed by atoms with Gasteiger partial charge in [-0.3, -0.25) is 13.9 Å². The second kappa shape index (κ2) is 7.04. The number of aliphatic hydroxyl groups is 1. The highest BCUT2D eigenvalue weighted by Crippen LogP contribution is 2.16. The molecule has 0 aliphatic carbocycles. The van der Waals surface area contributed by atoms with Gasteiger partial charge >= 0.3 is 5.69 Å². The van der Waals surface area contributed by atoms with Gasteiger partial charge in [-0.05, 0) is 42.8 Å². The van der Waals surface area contributed by atoms with Crippen molar-refractivity contribution in [3.05, 3.63) is 78.9 Å². The zero-order valence-electron chi connectivity index (χ0n) is 13.4. The zero-order valence-corrected chi connectivity index (χ0v) is 15.0. The van der Waals surface area contributed by atoms with Crippen molar-refractivity contribution in [1.29, 1.82) is 0 Å². The van der Waals surface area contributed by atoms with Crippen LogP contribution in [0.15, 0.2) is 52.1 Å². The molecule has 0 radical (unpaired) electrons. The van der Waals surface area contributed by atoms with Crippen LogP contribution in [0.2, 0.25) is 10.0 Å². The maximum atomic E-state index is 12.9. The molecule has 1 heterocycles. The zero-order chi connectivity index (χ0) is 18.1. The molecule has 0 saturated heterocycles. The van der Waals surface area contributed by atoms with Crippen molar-refractivity contribution < 1.29 is 5.11 Å². The van der Waals surface area contributed by atoms with Gasteiger partial charge in [0.15, 0.2) is 0 Å². The molecule has 0 aliphatic heterocycles. The topological polar surface area (TPSA) is 64.2 Å². The van der Waals surface area contributed by atoms with E-state index in [9.17, 15) is 14.7 Å². The van der Waals surface area contributed by atoms with E-state index in [0.717, 1.165) is 10.1 Å². The van der Waals surface area contributed by atoms with E-state index in [4.69, 9.17) is 23.2 Å². The lowest BCUT2D eigenvalue weighted by atomic mass is 10.2. The van der Waals surface area contributed by atoms with Gasteiger partial charge in [0.25, 0.3) is 5.56 Å². The van der Waals surface area contributed by atoms with E-state index in [1.165, 1.54) is 4.57 Å². The quantitative estimate of drug-likeness (QED) is 0.758. The minimum atomic E-state index is -0.749. The van der Waals surface area contributed by atoms with Crippen LogP contribution >= 0.6 is 23.2 Å². The third kappa shape index (κ3) is 3.63. The Labute approximate surface area is 153 Å². The molecule has 5 nitrogen and oxygen atoms in total. The van der Waals surface area contributed by atoms with Gasteiger partial charge in [-0.25, -0.2) is 4.79 Å². The molecule has 3 rings (SSSR count). The Morgan fingerprint density at radius 3 is 2.28 bits per heavy atom. The highest BCUT2D eigenvalue weighted by atomic mass is 35.5. The molecule has 25 heavy (non-hydrogen) atoms. The first-order valence-corrected chi connectivity index (χ1v) is 8.48. The Morgan fingerprint density at radius 2 is 1.64 bits per heavy atom. The fraction of sp³-hybridized carbons (Fsp3) is 0.222. The first-order valence-electron chi connectivity index (χ1n) is 7.72. The summed E-state index contributed by atoms with van der Waals surface area (Å²) in [6, 6.07) is 11.7. The van der Waals surface area contributed by atoms with Gasteiger partial charge in [-0.1, -0.05) is 35.3 Å². The maximum absolute atomic E-state index is 12.9. The van der Waals surface area contributed by atoms with Crippen LogP contribution < -0.4 is 11.2 Å². The first kappa shape index (κ1) is 17.7. The monoisotopic (exact) mass is 378 g/mol. The molecule has 7 heteroatoms. The number of halogens is 2. The van der Waals surface area contributed by atoms with Crippen LogP contribution in [-0.4, -0.2) is 20.3 Å². The number of hydrogen-bond donors (Lipinski definition) is 1. The molecule has 130 valence electrons. The number of nitrogens with zero attached hydrogens (tertiary/aromatic N) is 2. The van der Waals surface area contributed by atoms with Crippen molar-refractivity contribution in [2.75, 3.05) is 0 Å². The summed E-state index contributed by atoms with van der Waals surface area (Å²) in [5.74, 6) is 0. The molecule has 0 bridgehead atoms. The van der Waals surface area contributed by atoms with Crippen molar-refractivity contribution in [2.24, 2.45) is 0 Å². The fourth-order valence-electron chi connectivity index (χ4n) is 2.74. The van der Waals surface area contributed by atoms with Crippen LogP contribution in [0.5, 0.6) is 0 Å². The van der Waals surface area contributed by atoms with E-state index >= 15 is 0 Å². The summed E-state index contributed by atoms with van der Waals surface area (Å²) < 4.78 is 2.53. The second-order valence-corrected chi connectivity index (χ2v) is 6.79. The molecular formula is C18H16Cl2N2O3. The van der Waals surface area contributed by atoms with E-state index in [2.05, 4.69) is 0 Å². The Balaban J connectivity index is 2.24. The molecule has 2 aromatic carbocycles. The van der Waals surface area contributed by atoms with E-state index in [1.807, 2.05) is 0 Å². The number of rotatable bonds is 4. The van der Waals surface area contributed by atoms with Crippen molar-refractivity contribution in [1.82, 2.24) is 9.13 Å².